The van der Waals surface area contributed by atoms with Crippen LogP contribution >= 0.6 is 0 Å². The van der Waals surface area contributed by atoms with Crippen LogP contribution in [0.4, 0.5) is 0 Å². The van der Waals surface area contributed by atoms with Crippen LogP contribution in [-0.4, -0.2) is 50.4 Å². The summed E-state index contributed by atoms with van der Waals surface area (Å²) in [5, 5.41) is 0. The van der Waals surface area contributed by atoms with Crippen molar-refractivity contribution in [1.82, 2.24) is 0 Å². The molecular weight excluding hydrogens is 292 g/mol. The largest absolute Gasteiger partial charge is 0.469 e. The molecule has 0 aromatic carbocycles. The second-order valence-corrected chi connectivity index (χ2v) is 5.49. The van der Waals surface area contributed by atoms with Crippen LogP contribution in [0.15, 0.2) is 0 Å². The van der Waals surface area contributed by atoms with Crippen LogP contribution in [0, 0.1) is 5.41 Å². The SMILES string of the molecule is CCOC(=O)C1(CCC(=O)OC)CC(COC(C)C)OC1=O. The van der Waals surface area contributed by atoms with Gasteiger partial charge in [0.05, 0.1) is 26.4 Å². The minimum absolute atomic E-state index is 0.00800. The monoisotopic (exact) mass is 316 g/mol. The second-order valence-electron chi connectivity index (χ2n) is 5.49. The molecule has 0 saturated carbocycles. The van der Waals surface area contributed by atoms with Crippen LogP contribution < -0.4 is 0 Å². The molecule has 7 nitrogen and oxygen atoms in total. The standard InChI is InChI=1S/C15H24O7/c1-5-20-13(17)15(7-6-12(16)19-4)8-11(22-14(15)18)9-21-10(2)3/h10-11H,5-9H2,1-4H3. The van der Waals surface area contributed by atoms with E-state index < -0.39 is 29.4 Å². The van der Waals surface area contributed by atoms with Crippen molar-refractivity contribution >= 4 is 17.9 Å². The van der Waals surface area contributed by atoms with Crippen LogP contribution in [0.25, 0.3) is 0 Å². The van der Waals surface area contributed by atoms with Gasteiger partial charge in [0, 0.05) is 12.8 Å². The summed E-state index contributed by atoms with van der Waals surface area (Å²) in [6.45, 7) is 5.76. The van der Waals surface area contributed by atoms with Crippen molar-refractivity contribution in [1.29, 1.82) is 0 Å². The molecule has 0 aliphatic carbocycles. The lowest BCUT2D eigenvalue weighted by Gasteiger charge is -2.21. The maximum Gasteiger partial charge on any atom is 0.324 e. The number of methoxy groups -OCH3 is 1. The Balaban J connectivity index is 2.83. The topological polar surface area (TPSA) is 88.1 Å². The summed E-state index contributed by atoms with van der Waals surface area (Å²) in [6.07, 6.45) is -0.421. The molecule has 0 N–H and O–H groups in total. The Hall–Kier alpha value is -1.63. The van der Waals surface area contributed by atoms with Crippen molar-refractivity contribution in [3.05, 3.63) is 0 Å². The van der Waals surface area contributed by atoms with E-state index in [0.717, 1.165) is 0 Å². The molecule has 0 aromatic rings. The van der Waals surface area contributed by atoms with E-state index in [0.29, 0.717) is 0 Å². The van der Waals surface area contributed by atoms with E-state index in [1.807, 2.05) is 13.8 Å². The van der Waals surface area contributed by atoms with Gasteiger partial charge in [-0.1, -0.05) is 0 Å². The highest BCUT2D eigenvalue weighted by Crippen LogP contribution is 2.40. The summed E-state index contributed by atoms with van der Waals surface area (Å²) in [7, 11) is 1.26. The molecule has 1 fully saturated rings. The third kappa shape index (κ3) is 4.43. The Morgan fingerprint density at radius 1 is 1.41 bits per heavy atom. The van der Waals surface area contributed by atoms with Gasteiger partial charge in [-0.2, -0.15) is 0 Å². The number of carbonyl (C=O) groups is 3. The molecule has 0 radical (unpaired) electrons. The Labute approximate surface area is 130 Å². The summed E-state index contributed by atoms with van der Waals surface area (Å²) in [4.78, 5) is 35.8. The number of ether oxygens (including phenoxy) is 4. The average molecular weight is 316 g/mol. The minimum atomic E-state index is -1.45. The highest BCUT2D eigenvalue weighted by molar-refractivity contribution is 6.01. The van der Waals surface area contributed by atoms with Crippen molar-refractivity contribution in [2.75, 3.05) is 20.3 Å². The summed E-state index contributed by atoms with van der Waals surface area (Å²) in [5.41, 5.74) is -1.45. The number of cyclic esters (lactones) is 1. The van der Waals surface area contributed by atoms with Gasteiger partial charge in [0.15, 0.2) is 5.41 Å². The first-order valence-corrected chi connectivity index (χ1v) is 7.42. The number of hydrogen-bond acceptors (Lipinski definition) is 7. The molecule has 2 atom stereocenters. The Kier molecular flexibility index (Phi) is 6.80. The molecule has 1 rings (SSSR count). The molecule has 126 valence electrons. The molecule has 22 heavy (non-hydrogen) atoms. The summed E-state index contributed by atoms with van der Waals surface area (Å²) in [5.74, 6) is -1.80. The Morgan fingerprint density at radius 3 is 2.64 bits per heavy atom. The lowest BCUT2D eigenvalue weighted by molar-refractivity contribution is -0.166. The summed E-state index contributed by atoms with van der Waals surface area (Å²) >= 11 is 0. The Bertz CT molecular complexity index is 418. The smallest absolute Gasteiger partial charge is 0.324 e. The fourth-order valence-electron chi connectivity index (χ4n) is 2.33. The predicted octanol–water partition coefficient (Wildman–Crippen LogP) is 1.23. The van der Waals surface area contributed by atoms with Crippen molar-refractivity contribution in [2.24, 2.45) is 5.41 Å². The van der Waals surface area contributed by atoms with Gasteiger partial charge in [-0.25, -0.2) is 0 Å². The molecule has 1 aliphatic heterocycles. The fraction of sp³-hybridized carbons (Fsp3) is 0.800. The van der Waals surface area contributed by atoms with Gasteiger partial charge in [0.25, 0.3) is 0 Å². The number of hydrogen-bond donors (Lipinski definition) is 0. The van der Waals surface area contributed by atoms with E-state index in [4.69, 9.17) is 14.2 Å². The Morgan fingerprint density at radius 2 is 2.09 bits per heavy atom. The zero-order valence-corrected chi connectivity index (χ0v) is 13.5. The first kappa shape index (κ1) is 18.4. The summed E-state index contributed by atoms with van der Waals surface area (Å²) in [6, 6.07) is 0. The normalized spacial score (nSPS) is 24.2. The van der Waals surface area contributed by atoms with Crippen LogP contribution in [-0.2, 0) is 33.3 Å². The van der Waals surface area contributed by atoms with Crippen molar-refractivity contribution in [3.63, 3.8) is 0 Å². The van der Waals surface area contributed by atoms with E-state index >= 15 is 0 Å². The number of carbonyl (C=O) groups excluding carboxylic acids is 3. The van der Waals surface area contributed by atoms with Gasteiger partial charge in [-0.05, 0) is 27.2 Å². The molecule has 1 saturated heterocycles. The zero-order valence-electron chi connectivity index (χ0n) is 13.5. The predicted molar refractivity (Wildman–Crippen MR) is 75.9 cm³/mol. The maximum absolute atomic E-state index is 12.2. The first-order chi connectivity index (χ1) is 10.4. The van der Waals surface area contributed by atoms with E-state index in [-0.39, 0.29) is 38.6 Å². The van der Waals surface area contributed by atoms with Gasteiger partial charge in [0.2, 0.25) is 0 Å². The van der Waals surface area contributed by atoms with E-state index in [1.165, 1.54) is 7.11 Å². The van der Waals surface area contributed by atoms with Gasteiger partial charge in [-0.3, -0.25) is 14.4 Å². The van der Waals surface area contributed by atoms with Gasteiger partial charge >= 0.3 is 17.9 Å². The molecule has 0 amide bonds. The highest BCUT2D eigenvalue weighted by Gasteiger charge is 2.56. The van der Waals surface area contributed by atoms with Gasteiger partial charge in [0.1, 0.15) is 6.10 Å². The molecule has 7 heteroatoms. The molecular formula is C15H24O7. The number of esters is 3. The van der Waals surface area contributed by atoms with E-state index in [9.17, 15) is 14.4 Å². The van der Waals surface area contributed by atoms with E-state index in [2.05, 4.69) is 4.74 Å². The van der Waals surface area contributed by atoms with Crippen LogP contribution in [0.2, 0.25) is 0 Å². The van der Waals surface area contributed by atoms with Crippen molar-refractivity contribution in [3.8, 4) is 0 Å². The van der Waals surface area contributed by atoms with Crippen molar-refractivity contribution in [2.45, 2.75) is 52.2 Å². The highest BCUT2D eigenvalue weighted by atomic mass is 16.6. The van der Waals surface area contributed by atoms with Gasteiger partial charge in [-0.15, -0.1) is 0 Å². The quantitative estimate of drug-likeness (QED) is 0.378. The first-order valence-electron chi connectivity index (χ1n) is 7.42. The maximum atomic E-state index is 12.2. The molecule has 0 aromatic heterocycles. The lowest BCUT2D eigenvalue weighted by Crippen LogP contribution is -2.38. The van der Waals surface area contributed by atoms with Crippen LogP contribution in [0.5, 0.6) is 0 Å². The van der Waals surface area contributed by atoms with Crippen LogP contribution in [0.1, 0.15) is 40.0 Å². The van der Waals surface area contributed by atoms with Gasteiger partial charge < -0.3 is 18.9 Å². The number of rotatable bonds is 8. The molecule has 0 spiro atoms. The minimum Gasteiger partial charge on any atom is -0.469 e. The third-order valence-electron chi connectivity index (χ3n) is 3.51. The van der Waals surface area contributed by atoms with Crippen molar-refractivity contribution < 1.29 is 33.3 Å². The zero-order chi connectivity index (χ0) is 16.8. The lowest BCUT2D eigenvalue weighted by atomic mass is 9.80. The summed E-state index contributed by atoms with van der Waals surface area (Å²) < 4.78 is 20.3. The van der Waals surface area contributed by atoms with E-state index in [1.54, 1.807) is 6.92 Å². The third-order valence-corrected chi connectivity index (χ3v) is 3.51. The molecule has 1 aliphatic rings. The fourth-order valence-corrected chi connectivity index (χ4v) is 2.33. The molecule has 1 heterocycles. The molecule has 2 unspecified atom stereocenters. The molecule has 0 bridgehead atoms. The van der Waals surface area contributed by atoms with Crippen LogP contribution in [0.3, 0.4) is 0 Å². The average Bonchev–Trinajstić information content (AvgIpc) is 2.80. The second kappa shape index (κ2) is 8.12.